The van der Waals surface area contributed by atoms with Crippen LogP contribution in [0.1, 0.15) is 12.0 Å². The van der Waals surface area contributed by atoms with Crippen LogP contribution in [0, 0.1) is 6.92 Å². The summed E-state index contributed by atoms with van der Waals surface area (Å²) in [4.78, 5) is 8.59. The lowest BCUT2D eigenvalue weighted by Crippen LogP contribution is -2.21. The highest BCUT2D eigenvalue weighted by Crippen LogP contribution is 2.20. The van der Waals surface area contributed by atoms with Crippen molar-refractivity contribution in [2.24, 2.45) is 0 Å². The number of benzene rings is 1. The lowest BCUT2D eigenvalue weighted by molar-refractivity contribution is 0.602. The summed E-state index contributed by atoms with van der Waals surface area (Å²) < 4.78 is 23.0. The first-order valence-corrected chi connectivity index (χ1v) is 8.97. The lowest BCUT2D eigenvalue weighted by atomic mass is 10.2. The van der Waals surface area contributed by atoms with Crippen molar-refractivity contribution in [3.63, 3.8) is 0 Å². The normalized spacial score (nSPS) is 19.8. The third-order valence-electron chi connectivity index (χ3n) is 3.63. The van der Waals surface area contributed by atoms with Gasteiger partial charge in [0, 0.05) is 17.9 Å². The predicted octanol–water partition coefficient (Wildman–Crippen LogP) is 2.13. The fourth-order valence-corrected chi connectivity index (χ4v) is 4.12. The zero-order valence-corrected chi connectivity index (χ0v) is 13.1. The Labute approximate surface area is 129 Å². The third-order valence-corrected chi connectivity index (χ3v) is 5.40. The summed E-state index contributed by atoms with van der Waals surface area (Å²) in [6.45, 7) is 2.01. The zero-order chi connectivity index (χ0) is 15.6. The van der Waals surface area contributed by atoms with Crippen LogP contribution < -0.4 is 10.6 Å². The summed E-state index contributed by atoms with van der Waals surface area (Å²) >= 11 is 0. The van der Waals surface area contributed by atoms with E-state index in [1.165, 1.54) is 0 Å². The summed E-state index contributed by atoms with van der Waals surface area (Å²) in [6, 6.07) is 9.55. The first-order valence-electron chi connectivity index (χ1n) is 7.14. The van der Waals surface area contributed by atoms with Crippen molar-refractivity contribution in [1.29, 1.82) is 0 Å². The Morgan fingerprint density at radius 3 is 2.77 bits per heavy atom. The maximum atomic E-state index is 11.5. The molecule has 2 heterocycles. The third kappa shape index (κ3) is 3.54. The molecule has 2 aromatic rings. The van der Waals surface area contributed by atoms with E-state index in [0.717, 1.165) is 11.3 Å². The van der Waals surface area contributed by atoms with E-state index in [-0.39, 0.29) is 17.5 Å². The Kier molecular flexibility index (Phi) is 3.98. The average Bonchev–Trinajstić information content (AvgIpc) is 2.81. The number of hydrogen-bond acceptors (Lipinski definition) is 6. The van der Waals surface area contributed by atoms with Crippen LogP contribution in [-0.4, -0.2) is 35.9 Å². The second-order valence-electron chi connectivity index (χ2n) is 5.45. The molecule has 0 saturated carbocycles. The Morgan fingerprint density at radius 1 is 1.23 bits per heavy atom. The fraction of sp³-hybridized carbons (Fsp3) is 0.333. The van der Waals surface area contributed by atoms with E-state index >= 15 is 0 Å². The van der Waals surface area contributed by atoms with E-state index in [1.807, 2.05) is 31.2 Å². The van der Waals surface area contributed by atoms with Gasteiger partial charge in [-0.25, -0.2) is 13.4 Å². The van der Waals surface area contributed by atoms with Gasteiger partial charge in [0.05, 0.1) is 11.5 Å². The molecule has 3 rings (SSSR count). The fourth-order valence-electron chi connectivity index (χ4n) is 2.45. The molecule has 1 aromatic heterocycles. The first-order chi connectivity index (χ1) is 10.5. The summed E-state index contributed by atoms with van der Waals surface area (Å²) in [6.07, 6.45) is 2.27. The SMILES string of the molecule is Cc1ccccc1Nc1nccc(NC2CCS(=O)(=O)C2)n1. The van der Waals surface area contributed by atoms with Gasteiger partial charge in [-0.1, -0.05) is 18.2 Å². The molecule has 1 saturated heterocycles. The van der Waals surface area contributed by atoms with Crippen molar-refractivity contribution in [3.8, 4) is 0 Å². The number of aromatic nitrogens is 2. The molecule has 1 aliphatic rings. The van der Waals surface area contributed by atoms with E-state index in [1.54, 1.807) is 12.3 Å². The van der Waals surface area contributed by atoms with Crippen molar-refractivity contribution in [1.82, 2.24) is 9.97 Å². The number of anilines is 3. The van der Waals surface area contributed by atoms with Crippen LogP contribution in [0.4, 0.5) is 17.5 Å². The number of nitrogens with one attached hydrogen (secondary N) is 2. The van der Waals surface area contributed by atoms with Gasteiger partial charge in [-0.15, -0.1) is 0 Å². The van der Waals surface area contributed by atoms with Crippen LogP contribution in [0.15, 0.2) is 36.5 Å². The summed E-state index contributed by atoms with van der Waals surface area (Å²) in [5, 5.41) is 6.34. The Morgan fingerprint density at radius 2 is 2.05 bits per heavy atom. The van der Waals surface area contributed by atoms with Crippen LogP contribution in [0.3, 0.4) is 0 Å². The predicted molar refractivity (Wildman–Crippen MR) is 87.2 cm³/mol. The van der Waals surface area contributed by atoms with Gasteiger partial charge >= 0.3 is 0 Å². The van der Waals surface area contributed by atoms with Crippen LogP contribution in [0.2, 0.25) is 0 Å². The molecule has 116 valence electrons. The summed E-state index contributed by atoms with van der Waals surface area (Å²) in [5.41, 5.74) is 2.05. The molecule has 1 fully saturated rings. The van der Waals surface area contributed by atoms with Gasteiger partial charge in [0.15, 0.2) is 9.84 Å². The standard InChI is InChI=1S/C15H18N4O2S/c1-11-4-2-3-5-13(11)18-15-16-8-6-14(19-15)17-12-7-9-22(20,21)10-12/h2-6,8,12H,7,9-10H2,1H3,(H2,16,17,18,19). The second-order valence-corrected chi connectivity index (χ2v) is 7.68. The van der Waals surface area contributed by atoms with Gasteiger partial charge in [-0.05, 0) is 31.0 Å². The van der Waals surface area contributed by atoms with E-state index in [9.17, 15) is 8.42 Å². The number of hydrogen-bond donors (Lipinski definition) is 2. The van der Waals surface area contributed by atoms with Crippen LogP contribution in [-0.2, 0) is 9.84 Å². The van der Waals surface area contributed by atoms with Gasteiger partial charge in [-0.2, -0.15) is 4.98 Å². The van der Waals surface area contributed by atoms with E-state index in [4.69, 9.17) is 0 Å². The second kappa shape index (κ2) is 5.92. The van der Waals surface area contributed by atoms with Crippen molar-refractivity contribution < 1.29 is 8.42 Å². The Balaban J connectivity index is 1.72. The molecule has 7 heteroatoms. The molecule has 1 atom stereocenters. The Hall–Kier alpha value is -2.15. The maximum Gasteiger partial charge on any atom is 0.229 e. The highest BCUT2D eigenvalue weighted by atomic mass is 32.2. The van der Waals surface area contributed by atoms with Crippen molar-refractivity contribution in [3.05, 3.63) is 42.1 Å². The van der Waals surface area contributed by atoms with Crippen molar-refractivity contribution in [2.75, 3.05) is 22.1 Å². The molecule has 0 radical (unpaired) electrons. The van der Waals surface area contributed by atoms with Crippen molar-refractivity contribution in [2.45, 2.75) is 19.4 Å². The van der Waals surface area contributed by atoms with Gasteiger partial charge < -0.3 is 10.6 Å². The van der Waals surface area contributed by atoms with Crippen LogP contribution in [0.25, 0.3) is 0 Å². The van der Waals surface area contributed by atoms with E-state index < -0.39 is 9.84 Å². The largest absolute Gasteiger partial charge is 0.366 e. The maximum absolute atomic E-state index is 11.5. The smallest absolute Gasteiger partial charge is 0.229 e. The summed E-state index contributed by atoms with van der Waals surface area (Å²) in [5.74, 6) is 1.52. The number of sulfone groups is 1. The minimum atomic E-state index is -2.90. The zero-order valence-electron chi connectivity index (χ0n) is 12.3. The molecule has 0 bridgehead atoms. The van der Waals surface area contributed by atoms with Gasteiger partial charge in [0.1, 0.15) is 5.82 Å². The van der Waals surface area contributed by atoms with E-state index in [0.29, 0.717) is 18.2 Å². The molecule has 0 spiro atoms. The first kappa shape index (κ1) is 14.8. The van der Waals surface area contributed by atoms with Crippen LogP contribution >= 0.6 is 0 Å². The lowest BCUT2D eigenvalue weighted by Gasteiger charge is -2.13. The number of rotatable bonds is 4. The minimum absolute atomic E-state index is 0.0776. The van der Waals surface area contributed by atoms with Gasteiger partial charge in [0.2, 0.25) is 5.95 Å². The molecular formula is C15H18N4O2S. The van der Waals surface area contributed by atoms with E-state index in [2.05, 4.69) is 20.6 Å². The number of nitrogens with zero attached hydrogens (tertiary/aromatic N) is 2. The molecule has 1 unspecified atom stereocenters. The van der Waals surface area contributed by atoms with Crippen LogP contribution in [0.5, 0.6) is 0 Å². The number of aryl methyl sites for hydroxylation is 1. The molecule has 0 aliphatic carbocycles. The molecule has 1 aromatic carbocycles. The molecule has 22 heavy (non-hydrogen) atoms. The molecule has 2 N–H and O–H groups in total. The molecule has 6 nitrogen and oxygen atoms in total. The Bertz CT molecular complexity index is 777. The molecular weight excluding hydrogens is 300 g/mol. The van der Waals surface area contributed by atoms with Crippen molar-refractivity contribution >= 4 is 27.3 Å². The highest BCUT2D eigenvalue weighted by Gasteiger charge is 2.27. The summed E-state index contributed by atoms with van der Waals surface area (Å²) in [7, 11) is -2.90. The van der Waals surface area contributed by atoms with Gasteiger partial charge in [0.25, 0.3) is 0 Å². The monoisotopic (exact) mass is 318 g/mol. The quantitative estimate of drug-likeness (QED) is 0.898. The highest BCUT2D eigenvalue weighted by molar-refractivity contribution is 7.91. The average molecular weight is 318 g/mol. The van der Waals surface area contributed by atoms with Gasteiger partial charge in [-0.3, -0.25) is 0 Å². The minimum Gasteiger partial charge on any atom is -0.366 e. The molecule has 1 aliphatic heterocycles. The topological polar surface area (TPSA) is 84.0 Å². The number of para-hydroxylation sites is 1. The molecule has 0 amide bonds.